The van der Waals surface area contributed by atoms with E-state index in [1.165, 1.54) is 18.2 Å². The number of aliphatic hydroxyl groups excluding tert-OH is 1. The van der Waals surface area contributed by atoms with E-state index in [9.17, 15) is 15.0 Å². The van der Waals surface area contributed by atoms with Gasteiger partial charge in [0, 0.05) is 6.42 Å². The average Bonchev–Trinajstić information content (AvgIpc) is 2.37. The molecule has 0 saturated carbocycles. The molecule has 0 radical (unpaired) electrons. The van der Waals surface area contributed by atoms with Crippen LogP contribution in [0.2, 0.25) is 0 Å². The molecule has 21 heavy (non-hydrogen) atoms. The van der Waals surface area contributed by atoms with Gasteiger partial charge in [-0.3, -0.25) is 4.79 Å². The molecule has 0 amide bonds. The van der Waals surface area contributed by atoms with Crippen LogP contribution in [0.5, 0.6) is 0 Å². The number of rotatable bonds is 4. The first-order valence-electron chi connectivity index (χ1n) is 6.96. The van der Waals surface area contributed by atoms with Crippen LogP contribution >= 0.6 is 0 Å². The molecular formula is C17H20O4. The van der Waals surface area contributed by atoms with E-state index in [2.05, 4.69) is 13.8 Å². The van der Waals surface area contributed by atoms with Crippen molar-refractivity contribution in [3.8, 4) is 0 Å². The van der Waals surface area contributed by atoms with Gasteiger partial charge in [-0.25, -0.2) is 0 Å². The summed E-state index contributed by atoms with van der Waals surface area (Å²) in [7, 11) is 0. The fourth-order valence-corrected chi connectivity index (χ4v) is 2.64. The second kappa shape index (κ2) is 5.74. The number of aliphatic carboxylic acids is 1. The Morgan fingerprint density at radius 3 is 2.57 bits per heavy atom. The second-order valence-electron chi connectivity index (χ2n) is 5.77. The minimum Gasteiger partial charge on any atom is -0.511 e. The van der Waals surface area contributed by atoms with Gasteiger partial charge in [-0.2, -0.15) is 0 Å². The van der Waals surface area contributed by atoms with Crippen LogP contribution < -0.4 is 0 Å². The van der Waals surface area contributed by atoms with Crippen LogP contribution in [0.4, 0.5) is 0 Å². The normalized spacial score (nSPS) is 25.0. The monoisotopic (exact) mass is 288 g/mol. The van der Waals surface area contributed by atoms with E-state index in [0.717, 1.165) is 11.1 Å². The van der Waals surface area contributed by atoms with Crippen LogP contribution in [0.25, 0.3) is 0 Å². The first-order chi connectivity index (χ1) is 9.82. The third-order valence-electron chi connectivity index (χ3n) is 3.71. The highest BCUT2D eigenvalue weighted by atomic mass is 16.4. The Balaban J connectivity index is 2.29. The maximum atomic E-state index is 10.9. The summed E-state index contributed by atoms with van der Waals surface area (Å²) < 4.78 is 0. The quantitative estimate of drug-likeness (QED) is 0.744. The molecule has 112 valence electrons. The van der Waals surface area contributed by atoms with E-state index in [0.29, 0.717) is 12.3 Å². The standard InChI is InChI=1S/C17H20O4/c1-11(2)13-6-4-3-5-12(13)9-17(21)8-7-14(16(19)20)15(18)10-17/h3-8,10-11,14,18,21H,9H2,1-2H3,(H,19,20). The molecule has 1 aliphatic carbocycles. The fourth-order valence-electron chi connectivity index (χ4n) is 2.64. The molecule has 4 nitrogen and oxygen atoms in total. The SMILES string of the molecule is CC(C)c1ccccc1CC1(O)C=CC(C(=O)O)C(O)=C1. The molecule has 0 aromatic heterocycles. The van der Waals surface area contributed by atoms with Crippen LogP contribution in [-0.2, 0) is 11.2 Å². The zero-order valence-electron chi connectivity index (χ0n) is 12.2. The zero-order valence-corrected chi connectivity index (χ0v) is 12.2. The molecular weight excluding hydrogens is 268 g/mol. The summed E-state index contributed by atoms with van der Waals surface area (Å²) in [6.07, 6.45) is 4.30. The predicted octanol–water partition coefficient (Wildman–Crippen LogP) is 2.80. The number of hydrogen-bond donors (Lipinski definition) is 3. The van der Waals surface area contributed by atoms with E-state index in [4.69, 9.17) is 5.11 Å². The Bertz CT molecular complexity index is 601. The van der Waals surface area contributed by atoms with Gasteiger partial charge in [-0.1, -0.05) is 50.3 Å². The van der Waals surface area contributed by atoms with E-state index in [1.807, 2.05) is 24.3 Å². The molecule has 0 bridgehead atoms. The van der Waals surface area contributed by atoms with Crippen molar-refractivity contribution in [1.29, 1.82) is 0 Å². The van der Waals surface area contributed by atoms with Crippen molar-refractivity contribution in [1.82, 2.24) is 0 Å². The first kappa shape index (κ1) is 15.3. The molecule has 1 aromatic carbocycles. The lowest BCUT2D eigenvalue weighted by atomic mass is 9.83. The van der Waals surface area contributed by atoms with Crippen molar-refractivity contribution in [3.05, 3.63) is 59.4 Å². The van der Waals surface area contributed by atoms with Gasteiger partial charge in [0.2, 0.25) is 0 Å². The zero-order chi connectivity index (χ0) is 15.6. The van der Waals surface area contributed by atoms with Crippen LogP contribution in [0.15, 0.2) is 48.3 Å². The van der Waals surface area contributed by atoms with Crippen molar-refractivity contribution in [2.45, 2.75) is 31.8 Å². The smallest absolute Gasteiger partial charge is 0.318 e. The molecule has 2 unspecified atom stereocenters. The number of carboxylic acids is 1. The minimum absolute atomic E-state index is 0.300. The fraction of sp³-hybridized carbons (Fsp3) is 0.353. The highest BCUT2D eigenvalue weighted by Crippen LogP contribution is 2.29. The third kappa shape index (κ3) is 3.34. The number of hydrogen-bond acceptors (Lipinski definition) is 3. The van der Waals surface area contributed by atoms with Crippen LogP contribution in [0.1, 0.15) is 30.9 Å². The largest absolute Gasteiger partial charge is 0.511 e. The van der Waals surface area contributed by atoms with E-state index >= 15 is 0 Å². The molecule has 3 N–H and O–H groups in total. The molecule has 2 rings (SSSR count). The van der Waals surface area contributed by atoms with E-state index in [1.54, 1.807) is 0 Å². The molecule has 2 atom stereocenters. The van der Waals surface area contributed by atoms with Crippen molar-refractivity contribution in [2.75, 3.05) is 0 Å². The lowest BCUT2D eigenvalue weighted by Gasteiger charge is -2.27. The molecule has 1 aliphatic rings. The summed E-state index contributed by atoms with van der Waals surface area (Å²) in [4.78, 5) is 10.9. The second-order valence-corrected chi connectivity index (χ2v) is 5.77. The van der Waals surface area contributed by atoms with Gasteiger partial charge >= 0.3 is 5.97 Å². The Morgan fingerprint density at radius 1 is 1.33 bits per heavy atom. The van der Waals surface area contributed by atoms with Crippen molar-refractivity contribution < 1.29 is 20.1 Å². The number of benzene rings is 1. The van der Waals surface area contributed by atoms with Gasteiger partial charge in [0.15, 0.2) is 0 Å². The molecule has 0 heterocycles. The van der Waals surface area contributed by atoms with Crippen LogP contribution in [0.3, 0.4) is 0 Å². The van der Waals surface area contributed by atoms with E-state index < -0.39 is 17.5 Å². The maximum Gasteiger partial charge on any atom is 0.318 e. The molecule has 4 heteroatoms. The summed E-state index contributed by atoms with van der Waals surface area (Å²) in [6.45, 7) is 4.15. The Labute approximate surface area is 124 Å². The highest BCUT2D eigenvalue weighted by Gasteiger charge is 2.32. The average molecular weight is 288 g/mol. The lowest BCUT2D eigenvalue weighted by Crippen LogP contribution is -2.32. The topological polar surface area (TPSA) is 77.8 Å². The van der Waals surface area contributed by atoms with Gasteiger partial charge < -0.3 is 15.3 Å². The summed E-state index contributed by atoms with van der Waals surface area (Å²) in [5, 5.41) is 29.3. The van der Waals surface area contributed by atoms with E-state index in [-0.39, 0.29) is 5.76 Å². The Hall–Kier alpha value is -2.07. The molecule has 1 aromatic rings. The van der Waals surface area contributed by atoms with Crippen molar-refractivity contribution >= 4 is 5.97 Å². The van der Waals surface area contributed by atoms with Crippen LogP contribution in [0, 0.1) is 5.92 Å². The highest BCUT2D eigenvalue weighted by molar-refractivity contribution is 5.76. The van der Waals surface area contributed by atoms with Gasteiger partial charge in [0.05, 0.1) is 0 Å². The summed E-state index contributed by atoms with van der Waals surface area (Å²) >= 11 is 0. The predicted molar refractivity (Wildman–Crippen MR) is 80.2 cm³/mol. The van der Waals surface area contributed by atoms with Gasteiger partial charge in [-0.15, -0.1) is 0 Å². The van der Waals surface area contributed by atoms with Crippen LogP contribution in [-0.4, -0.2) is 26.9 Å². The lowest BCUT2D eigenvalue weighted by molar-refractivity contribution is -0.139. The third-order valence-corrected chi connectivity index (χ3v) is 3.71. The number of carbonyl (C=O) groups is 1. The molecule has 0 saturated heterocycles. The Morgan fingerprint density at radius 2 is 2.00 bits per heavy atom. The first-order valence-corrected chi connectivity index (χ1v) is 6.96. The minimum atomic E-state index is -1.36. The van der Waals surface area contributed by atoms with Crippen molar-refractivity contribution in [2.24, 2.45) is 5.92 Å². The van der Waals surface area contributed by atoms with Gasteiger partial charge in [0.1, 0.15) is 17.3 Å². The van der Waals surface area contributed by atoms with Gasteiger partial charge in [0.25, 0.3) is 0 Å². The summed E-state index contributed by atoms with van der Waals surface area (Å²) in [5.41, 5.74) is 0.756. The molecule has 0 fully saturated rings. The Kier molecular flexibility index (Phi) is 4.19. The molecule has 0 spiro atoms. The summed E-state index contributed by atoms with van der Waals surface area (Å²) in [6, 6.07) is 7.81. The molecule has 0 aliphatic heterocycles. The maximum absolute atomic E-state index is 10.9. The van der Waals surface area contributed by atoms with Gasteiger partial charge in [-0.05, 0) is 23.1 Å². The summed E-state index contributed by atoms with van der Waals surface area (Å²) in [5.74, 6) is -2.22. The number of aliphatic hydroxyl groups is 2. The number of carboxylic acid groups (broad SMARTS) is 1. The van der Waals surface area contributed by atoms with Crippen molar-refractivity contribution in [3.63, 3.8) is 0 Å².